The van der Waals surface area contributed by atoms with E-state index in [1.54, 1.807) is 19.0 Å². The fourth-order valence-electron chi connectivity index (χ4n) is 1.88. The molecule has 1 N–H and O–H groups in total. The molecule has 0 saturated carbocycles. The van der Waals surface area contributed by atoms with Gasteiger partial charge in [0, 0.05) is 20.6 Å². The molecule has 1 rings (SSSR count). The number of carbonyl (C=O) groups is 2. The minimum Gasteiger partial charge on any atom is -0.355 e. The molecule has 0 saturated heterocycles. The van der Waals surface area contributed by atoms with Gasteiger partial charge < -0.3 is 10.2 Å². The van der Waals surface area contributed by atoms with Crippen LogP contribution in [-0.2, 0) is 21.5 Å². The SMILES string of the molecule is CN(C)C(=O)C(C)(C)c1ccc(CNC=O)cc1. The van der Waals surface area contributed by atoms with Gasteiger partial charge in [0.25, 0.3) is 0 Å². The summed E-state index contributed by atoms with van der Waals surface area (Å²) in [5.74, 6) is 0.0706. The highest BCUT2D eigenvalue weighted by atomic mass is 16.2. The molecule has 0 fully saturated rings. The number of nitrogens with zero attached hydrogens (tertiary/aromatic N) is 1. The van der Waals surface area contributed by atoms with Crippen molar-refractivity contribution in [2.45, 2.75) is 25.8 Å². The third-order valence-electron chi connectivity index (χ3n) is 3.01. The summed E-state index contributed by atoms with van der Waals surface area (Å²) in [6, 6.07) is 7.72. The molecule has 0 bridgehead atoms. The van der Waals surface area contributed by atoms with E-state index >= 15 is 0 Å². The summed E-state index contributed by atoms with van der Waals surface area (Å²) in [6.07, 6.45) is 0.674. The maximum Gasteiger partial charge on any atom is 0.232 e. The largest absolute Gasteiger partial charge is 0.355 e. The Hall–Kier alpha value is -1.84. The normalized spacial score (nSPS) is 10.9. The van der Waals surface area contributed by atoms with Crippen LogP contribution in [-0.4, -0.2) is 31.3 Å². The fourth-order valence-corrected chi connectivity index (χ4v) is 1.88. The molecule has 0 radical (unpaired) electrons. The number of hydrogen-bond acceptors (Lipinski definition) is 2. The van der Waals surface area contributed by atoms with E-state index in [9.17, 15) is 9.59 Å². The predicted molar refractivity (Wildman–Crippen MR) is 71.1 cm³/mol. The standard InChI is InChI=1S/C14H20N2O2/c1-14(2,13(18)16(3)4)12-7-5-11(6-8-12)9-15-10-17/h5-8,10H,9H2,1-4H3,(H,15,17). The maximum absolute atomic E-state index is 12.1. The number of carbonyl (C=O) groups excluding carboxylic acids is 2. The zero-order chi connectivity index (χ0) is 13.8. The molecule has 0 unspecified atom stereocenters. The summed E-state index contributed by atoms with van der Waals surface area (Å²) in [5.41, 5.74) is 1.44. The molecule has 0 aliphatic carbocycles. The second kappa shape index (κ2) is 5.67. The first-order valence-electron chi connectivity index (χ1n) is 5.88. The number of benzene rings is 1. The second-order valence-electron chi connectivity index (χ2n) is 5.02. The van der Waals surface area contributed by atoms with Crippen molar-refractivity contribution in [3.63, 3.8) is 0 Å². The van der Waals surface area contributed by atoms with Gasteiger partial charge in [0.15, 0.2) is 0 Å². The minimum atomic E-state index is -0.542. The van der Waals surface area contributed by atoms with E-state index in [1.807, 2.05) is 38.1 Å². The van der Waals surface area contributed by atoms with E-state index in [2.05, 4.69) is 5.32 Å². The predicted octanol–water partition coefficient (Wildman–Crippen LogP) is 1.30. The molecular formula is C14H20N2O2. The van der Waals surface area contributed by atoms with Gasteiger partial charge in [-0.2, -0.15) is 0 Å². The maximum atomic E-state index is 12.1. The number of likely N-dealkylation sites (N-methyl/N-ethyl adjacent to an activating group) is 1. The molecular weight excluding hydrogens is 228 g/mol. The Kier molecular flexibility index (Phi) is 4.48. The van der Waals surface area contributed by atoms with E-state index in [-0.39, 0.29) is 5.91 Å². The molecule has 0 aromatic heterocycles. The van der Waals surface area contributed by atoms with E-state index in [0.29, 0.717) is 13.0 Å². The molecule has 1 aromatic carbocycles. The topological polar surface area (TPSA) is 49.4 Å². The van der Waals surface area contributed by atoms with Crippen LogP contribution in [0.4, 0.5) is 0 Å². The first kappa shape index (κ1) is 14.2. The Bertz CT molecular complexity index is 422. The molecule has 0 aliphatic rings. The Morgan fingerprint density at radius 3 is 2.28 bits per heavy atom. The second-order valence-corrected chi connectivity index (χ2v) is 5.02. The van der Waals surface area contributed by atoms with Crippen LogP contribution in [0.1, 0.15) is 25.0 Å². The lowest BCUT2D eigenvalue weighted by atomic mass is 9.83. The quantitative estimate of drug-likeness (QED) is 0.798. The minimum absolute atomic E-state index is 0.0706. The third kappa shape index (κ3) is 3.09. The smallest absolute Gasteiger partial charge is 0.232 e. The van der Waals surface area contributed by atoms with Crippen LogP contribution in [0.25, 0.3) is 0 Å². The van der Waals surface area contributed by atoms with Gasteiger partial charge >= 0.3 is 0 Å². The van der Waals surface area contributed by atoms with Crippen molar-refractivity contribution in [1.29, 1.82) is 0 Å². The summed E-state index contributed by atoms with van der Waals surface area (Å²) in [5, 5.41) is 2.61. The van der Waals surface area contributed by atoms with E-state index in [4.69, 9.17) is 0 Å². The van der Waals surface area contributed by atoms with Crippen molar-refractivity contribution in [3.8, 4) is 0 Å². The van der Waals surface area contributed by atoms with Gasteiger partial charge in [-0.1, -0.05) is 24.3 Å². The van der Waals surface area contributed by atoms with Crippen molar-refractivity contribution in [2.75, 3.05) is 14.1 Å². The van der Waals surface area contributed by atoms with Gasteiger partial charge in [0.1, 0.15) is 0 Å². The number of amides is 2. The monoisotopic (exact) mass is 248 g/mol. The number of nitrogens with one attached hydrogen (secondary N) is 1. The first-order chi connectivity index (χ1) is 8.39. The zero-order valence-electron chi connectivity index (χ0n) is 11.4. The molecule has 0 heterocycles. The fraction of sp³-hybridized carbons (Fsp3) is 0.429. The summed E-state index contributed by atoms with van der Waals surface area (Å²) in [4.78, 5) is 23.9. The van der Waals surface area contributed by atoms with Gasteiger partial charge in [-0.25, -0.2) is 0 Å². The summed E-state index contributed by atoms with van der Waals surface area (Å²) in [6.45, 7) is 4.33. The van der Waals surface area contributed by atoms with Crippen molar-refractivity contribution >= 4 is 12.3 Å². The molecule has 4 heteroatoms. The highest BCUT2D eigenvalue weighted by Gasteiger charge is 2.30. The van der Waals surface area contributed by atoms with Crippen LogP contribution in [0.3, 0.4) is 0 Å². The van der Waals surface area contributed by atoms with Crippen LogP contribution in [0.5, 0.6) is 0 Å². The molecule has 4 nitrogen and oxygen atoms in total. The molecule has 98 valence electrons. The van der Waals surface area contributed by atoms with Crippen LogP contribution < -0.4 is 5.32 Å². The molecule has 18 heavy (non-hydrogen) atoms. The van der Waals surface area contributed by atoms with Gasteiger partial charge in [-0.3, -0.25) is 9.59 Å². The first-order valence-corrected chi connectivity index (χ1v) is 5.88. The Morgan fingerprint density at radius 1 is 1.28 bits per heavy atom. The van der Waals surface area contributed by atoms with E-state index in [1.165, 1.54) is 0 Å². The van der Waals surface area contributed by atoms with Crippen molar-refractivity contribution in [2.24, 2.45) is 0 Å². The molecule has 0 spiro atoms. The zero-order valence-corrected chi connectivity index (χ0v) is 11.4. The molecule has 0 aliphatic heterocycles. The van der Waals surface area contributed by atoms with Crippen molar-refractivity contribution < 1.29 is 9.59 Å². The van der Waals surface area contributed by atoms with Crippen molar-refractivity contribution in [3.05, 3.63) is 35.4 Å². The summed E-state index contributed by atoms with van der Waals surface area (Å²) < 4.78 is 0. The Labute approximate surface area is 108 Å². The van der Waals surface area contributed by atoms with Gasteiger partial charge in [0.05, 0.1) is 5.41 Å². The van der Waals surface area contributed by atoms with Gasteiger partial charge in [-0.15, -0.1) is 0 Å². The lowest BCUT2D eigenvalue weighted by Crippen LogP contribution is -2.39. The Balaban J connectivity index is 2.90. The van der Waals surface area contributed by atoms with Gasteiger partial charge in [-0.05, 0) is 25.0 Å². The van der Waals surface area contributed by atoms with Crippen LogP contribution in [0.15, 0.2) is 24.3 Å². The van der Waals surface area contributed by atoms with Crippen LogP contribution in [0, 0.1) is 0 Å². The molecule has 2 amide bonds. The highest BCUT2D eigenvalue weighted by Crippen LogP contribution is 2.25. The summed E-state index contributed by atoms with van der Waals surface area (Å²) >= 11 is 0. The van der Waals surface area contributed by atoms with Crippen LogP contribution >= 0.6 is 0 Å². The average molecular weight is 248 g/mol. The van der Waals surface area contributed by atoms with Crippen LogP contribution in [0.2, 0.25) is 0 Å². The van der Waals surface area contributed by atoms with Crippen molar-refractivity contribution in [1.82, 2.24) is 10.2 Å². The summed E-state index contributed by atoms with van der Waals surface area (Å²) in [7, 11) is 3.51. The molecule has 1 aromatic rings. The average Bonchev–Trinajstić information content (AvgIpc) is 2.35. The van der Waals surface area contributed by atoms with E-state index < -0.39 is 5.41 Å². The molecule has 0 atom stereocenters. The van der Waals surface area contributed by atoms with E-state index in [0.717, 1.165) is 11.1 Å². The van der Waals surface area contributed by atoms with Gasteiger partial charge in [0.2, 0.25) is 12.3 Å². The lowest BCUT2D eigenvalue weighted by Gasteiger charge is -2.27. The number of rotatable bonds is 5. The highest BCUT2D eigenvalue weighted by molar-refractivity contribution is 5.86. The lowest BCUT2D eigenvalue weighted by molar-refractivity contribution is -0.133. The number of hydrogen-bond donors (Lipinski definition) is 1. The third-order valence-corrected chi connectivity index (χ3v) is 3.01. The Morgan fingerprint density at radius 2 is 1.83 bits per heavy atom.